The van der Waals surface area contributed by atoms with Crippen LogP contribution in [-0.4, -0.2) is 25.2 Å². The molecule has 0 saturated heterocycles. The maximum atomic E-state index is 12.3. The molecule has 4 nitrogen and oxygen atoms in total. The Morgan fingerprint density at radius 1 is 0.562 bits per heavy atom. The standard InChI is InChI=1S/C28H46O4/c1-3-5-7-9-10-11-12-13-14-15-16-18-23-32-28(30)26-21-19-20-25(24-26)27(29)31-22-17-8-6-4-2/h19-21,24H,3-18,22-23H2,1-2H3. The summed E-state index contributed by atoms with van der Waals surface area (Å²) in [6.45, 7) is 5.26. The zero-order chi connectivity index (χ0) is 23.3. The Morgan fingerprint density at radius 2 is 0.906 bits per heavy atom. The van der Waals surface area contributed by atoms with Crippen molar-refractivity contribution in [3.63, 3.8) is 0 Å². The van der Waals surface area contributed by atoms with Gasteiger partial charge in [-0.25, -0.2) is 9.59 Å². The van der Waals surface area contributed by atoms with E-state index < -0.39 is 0 Å². The van der Waals surface area contributed by atoms with E-state index in [-0.39, 0.29) is 11.9 Å². The van der Waals surface area contributed by atoms with Crippen molar-refractivity contribution in [1.29, 1.82) is 0 Å². The molecule has 0 atom stereocenters. The Kier molecular flexibility index (Phi) is 17.5. The van der Waals surface area contributed by atoms with Crippen LogP contribution in [-0.2, 0) is 9.47 Å². The summed E-state index contributed by atoms with van der Waals surface area (Å²) in [6, 6.07) is 6.63. The van der Waals surface area contributed by atoms with Gasteiger partial charge in [0.05, 0.1) is 24.3 Å². The van der Waals surface area contributed by atoms with E-state index in [1.165, 1.54) is 64.2 Å². The summed E-state index contributed by atoms with van der Waals surface area (Å²) >= 11 is 0. The van der Waals surface area contributed by atoms with E-state index in [1.807, 2.05) is 0 Å². The van der Waals surface area contributed by atoms with Crippen molar-refractivity contribution in [2.75, 3.05) is 13.2 Å². The number of rotatable bonds is 20. The Labute approximate surface area is 196 Å². The van der Waals surface area contributed by atoms with Crippen LogP contribution >= 0.6 is 0 Å². The first-order valence-electron chi connectivity index (χ1n) is 13.1. The minimum absolute atomic E-state index is 0.370. The summed E-state index contributed by atoms with van der Waals surface area (Å²) in [4.78, 5) is 24.4. The van der Waals surface area contributed by atoms with Gasteiger partial charge in [-0.2, -0.15) is 0 Å². The fraction of sp³-hybridized carbons (Fsp3) is 0.714. The fourth-order valence-corrected chi connectivity index (χ4v) is 3.74. The minimum Gasteiger partial charge on any atom is -0.462 e. The van der Waals surface area contributed by atoms with Crippen molar-refractivity contribution in [2.24, 2.45) is 0 Å². The highest BCUT2D eigenvalue weighted by Crippen LogP contribution is 2.13. The van der Waals surface area contributed by atoms with Crippen molar-refractivity contribution in [1.82, 2.24) is 0 Å². The molecule has 0 aromatic heterocycles. The molecule has 1 rings (SSSR count). The molecule has 182 valence electrons. The zero-order valence-electron chi connectivity index (χ0n) is 20.7. The van der Waals surface area contributed by atoms with E-state index in [0.717, 1.165) is 38.5 Å². The van der Waals surface area contributed by atoms with Crippen LogP contribution < -0.4 is 0 Å². The quantitative estimate of drug-likeness (QED) is 0.149. The van der Waals surface area contributed by atoms with Gasteiger partial charge in [-0.15, -0.1) is 0 Å². The van der Waals surface area contributed by atoms with Crippen molar-refractivity contribution in [3.05, 3.63) is 35.4 Å². The van der Waals surface area contributed by atoms with Crippen molar-refractivity contribution in [3.8, 4) is 0 Å². The normalized spacial score (nSPS) is 10.8. The molecular formula is C28H46O4. The highest BCUT2D eigenvalue weighted by molar-refractivity contribution is 5.95. The first-order valence-corrected chi connectivity index (χ1v) is 13.1. The number of ether oxygens (including phenoxy) is 2. The summed E-state index contributed by atoms with van der Waals surface area (Å²) in [5.41, 5.74) is 0.810. The van der Waals surface area contributed by atoms with Gasteiger partial charge in [0, 0.05) is 0 Å². The van der Waals surface area contributed by atoms with Crippen LogP contribution in [0.2, 0.25) is 0 Å². The maximum Gasteiger partial charge on any atom is 0.338 e. The maximum absolute atomic E-state index is 12.3. The third-order valence-electron chi connectivity index (χ3n) is 5.80. The lowest BCUT2D eigenvalue weighted by Crippen LogP contribution is -2.10. The molecule has 0 aliphatic heterocycles. The van der Waals surface area contributed by atoms with Crippen molar-refractivity contribution in [2.45, 2.75) is 117 Å². The number of carbonyl (C=O) groups is 2. The average molecular weight is 447 g/mol. The van der Waals surface area contributed by atoms with Crippen LogP contribution in [0.1, 0.15) is 137 Å². The van der Waals surface area contributed by atoms with Crippen LogP contribution in [0.25, 0.3) is 0 Å². The highest BCUT2D eigenvalue weighted by atomic mass is 16.5. The Hall–Kier alpha value is -1.84. The number of carbonyl (C=O) groups excluding carboxylic acids is 2. The molecule has 1 aromatic rings. The molecule has 0 amide bonds. The smallest absolute Gasteiger partial charge is 0.338 e. The number of unbranched alkanes of at least 4 members (excludes halogenated alkanes) is 14. The molecule has 0 aliphatic carbocycles. The fourth-order valence-electron chi connectivity index (χ4n) is 3.74. The first kappa shape index (κ1) is 28.2. The summed E-state index contributed by atoms with van der Waals surface area (Å²) in [5, 5.41) is 0. The van der Waals surface area contributed by atoms with E-state index in [1.54, 1.807) is 24.3 Å². The highest BCUT2D eigenvalue weighted by Gasteiger charge is 2.12. The third kappa shape index (κ3) is 14.3. The molecule has 0 bridgehead atoms. The van der Waals surface area contributed by atoms with Gasteiger partial charge in [0.1, 0.15) is 0 Å². The van der Waals surface area contributed by atoms with Crippen molar-refractivity contribution >= 4 is 11.9 Å². The second-order valence-corrected chi connectivity index (χ2v) is 8.80. The van der Waals surface area contributed by atoms with Crippen LogP contribution in [0.15, 0.2) is 24.3 Å². The summed E-state index contributed by atoms with van der Waals surface area (Å²) in [7, 11) is 0. The molecule has 0 N–H and O–H groups in total. The molecule has 1 aromatic carbocycles. The molecular weight excluding hydrogens is 400 g/mol. The largest absolute Gasteiger partial charge is 0.462 e. The van der Waals surface area contributed by atoms with Crippen LogP contribution in [0, 0.1) is 0 Å². The molecule has 32 heavy (non-hydrogen) atoms. The van der Waals surface area contributed by atoms with Gasteiger partial charge >= 0.3 is 11.9 Å². The van der Waals surface area contributed by atoms with Gasteiger partial charge < -0.3 is 9.47 Å². The van der Waals surface area contributed by atoms with Gasteiger partial charge in [-0.3, -0.25) is 0 Å². The van der Waals surface area contributed by atoms with Gasteiger partial charge in [0.25, 0.3) is 0 Å². The van der Waals surface area contributed by atoms with Gasteiger partial charge in [-0.1, -0.05) is 110 Å². The molecule has 0 unspecified atom stereocenters. The van der Waals surface area contributed by atoms with Gasteiger partial charge in [0.2, 0.25) is 0 Å². The lowest BCUT2D eigenvalue weighted by Gasteiger charge is -2.07. The minimum atomic E-state index is -0.378. The zero-order valence-corrected chi connectivity index (χ0v) is 20.7. The van der Waals surface area contributed by atoms with E-state index in [4.69, 9.17) is 9.47 Å². The van der Waals surface area contributed by atoms with Crippen molar-refractivity contribution < 1.29 is 19.1 Å². The monoisotopic (exact) mass is 446 g/mol. The second-order valence-electron chi connectivity index (χ2n) is 8.80. The van der Waals surface area contributed by atoms with Crippen LogP contribution in [0.4, 0.5) is 0 Å². The molecule has 0 radical (unpaired) electrons. The number of esters is 2. The van der Waals surface area contributed by atoms with E-state index in [2.05, 4.69) is 13.8 Å². The van der Waals surface area contributed by atoms with Gasteiger partial charge in [0.15, 0.2) is 0 Å². The molecule has 4 heteroatoms. The predicted molar refractivity (Wildman–Crippen MR) is 132 cm³/mol. The number of benzene rings is 1. The molecule has 0 spiro atoms. The second kappa shape index (κ2) is 19.8. The van der Waals surface area contributed by atoms with Crippen LogP contribution in [0.3, 0.4) is 0 Å². The third-order valence-corrected chi connectivity index (χ3v) is 5.80. The van der Waals surface area contributed by atoms with Gasteiger partial charge in [-0.05, 0) is 31.0 Å². The topological polar surface area (TPSA) is 52.6 Å². The average Bonchev–Trinajstić information content (AvgIpc) is 2.81. The lowest BCUT2D eigenvalue weighted by atomic mass is 10.1. The Bertz CT molecular complexity index is 611. The lowest BCUT2D eigenvalue weighted by molar-refractivity contribution is 0.0496. The summed E-state index contributed by atoms with van der Waals surface area (Å²) in [6.07, 6.45) is 19.6. The number of hydrogen-bond donors (Lipinski definition) is 0. The molecule has 0 aliphatic rings. The number of hydrogen-bond acceptors (Lipinski definition) is 4. The van der Waals surface area contributed by atoms with E-state index in [0.29, 0.717) is 24.3 Å². The predicted octanol–water partition coefficient (Wildman–Crippen LogP) is 8.28. The Morgan fingerprint density at radius 3 is 1.31 bits per heavy atom. The SMILES string of the molecule is CCCCCCCCCCCCCCOC(=O)c1cccc(C(=O)OCCCCCC)c1. The molecule has 0 fully saturated rings. The summed E-state index contributed by atoms with van der Waals surface area (Å²) < 4.78 is 10.7. The first-order chi connectivity index (χ1) is 15.7. The summed E-state index contributed by atoms with van der Waals surface area (Å²) in [5.74, 6) is -0.747. The molecule has 0 heterocycles. The molecule has 0 saturated carbocycles. The van der Waals surface area contributed by atoms with E-state index >= 15 is 0 Å². The van der Waals surface area contributed by atoms with Crippen LogP contribution in [0.5, 0.6) is 0 Å². The Balaban J connectivity index is 2.10. The van der Waals surface area contributed by atoms with E-state index in [9.17, 15) is 9.59 Å².